The van der Waals surface area contributed by atoms with Crippen molar-refractivity contribution in [3.05, 3.63) is 47.5 Å². The second-order valence-corrected chi connectivity index (χ2v) is 6.61. The SMILES string of the molecule is COc1cccc([C@@H]2c3cc4c(cc3O[C@@](C)(OC)[C@H]2C)OCO4)c1. The standard InChI is InChI=1S/C20H22O5/c1-12-19(13-6-5-7-14(8-13)21-3)15-9-17-18(24-11-23-17)10-16(15)25-20(12,2)22-4/h5-10,12,19H,11H2,1-4H3/t12-,19+,20+/m0/s1. The van der Waals surface area contributed by atoms with E-state index >= 15 is 0 Å². The van der Waals surface area contributed by atoms with Gasteiger partial charge >= 0.3 is 0 Å². The summed E-state index contributed by atoms with van der Waals surface area (Å²) in [5, 5.41) is 0. The van der Waals surface area contributed by atoms with Crippen LogP contribution in [0.5, 0.6) is 23.0 Å². The molecule has 0 saturated heterocycles. The third-order valence-corrected chi connectivity index (χ3v) is 5.34. The Morgan fingerprint density at radius 2 is 1.80 bits per heavy atom. The van der Waals surface area contributed by atoms with Crippen molar-refractivity contribution in [2.24, 2.45) is 5.92 Å². The van der Waals surface area contributed by atoms with Crippen LogP contribution >= 0.6 is 0 Å². The normalized spacial score (nSPS) is 26.7. The zero-order valence-corrected chi connectivity index (χ0v) is 14.9. The van der Waals surface area contributed by atoms with E-state index in [4.69, 9.17) is 23.7 Å². The molecule has 2 aliphatic rings. The van der Waals surface area contributed by atoms with E-state index in [2.05, 4.69) is 19.1 Å². The van der Waals surface area contributed by atoms with Gasteiger partial charge in [0.2, 0.25) is 12.6 Å². The van der Waals surface area contributed by atoms with Gasteiger partial charge in [0.25, 0.3) is 0 Å². The van der Waals surface area contributed by atoms with Gasteiger partial charge in [0.15, 0.2) is 11.5 Å². The third-order valence-electron chi connectivity index (χ3n) is 5.34. The molecule has 5 heteroatoms. The molecule has 0 amide bonds. The van der Waals surface area contributed by atoms with Gasteiger partial charge in [-0.3, -0.25) is 0 Å². The van der Waals surface area contributed by atoms with E-state index in [1.54, 1.807) is 14.2 Å². The minimum absolute atomic E-state index is 0.0810. The fourth-order valence-corrected chi connectivity index (χ4v) is 3.68. The lowest BCUT2D eigenvalue weighted by Crippen LogP contribution is -2.47. The summed E-state index contributed by atoms with van der Waals surface area (Å²) >= 11 is 0. The molecule has 0 aliphatic carbocycles. The van der Waals surface area contributed by atoms with Crippen molar-refractivity contribution >= 4 is 0 Å². The molecule has 132 valence electrons. The van der Waals surface area contributed by atoms with Gasteiger partial charge in [-0.05, 0) is 23.8 Å². The quantitative estimate of drug-likeness (QED) is 0.845. The van der Waals surface area contributed by atoms with Crippen LogP contribution in [0.3, 0.4) is 0 Å². The highest BCUT2D eigenvalue weighted by Gasteiger charge is 2.46. The van der Waals surface area contributed by atoms with E-state index in [9.17, 15) is 0 Å². The number of ether oxygens (including phenoxy) is 5. The summed E-state index contributed by atoms with van der Waals surface area (Å²) in [6.45, 7) is 4.35. The molecule has 5 nitrogen and oxygen atoms in total. The van der Waals surface area contributed by atoms with Gasteiger partial charge < -0.3 is 23.7 Å². The maximum absolute atomic E-state index is 6.23. The molecule has 0 bridgehead atoms. The Kier molecular flexibility index (Phi) is 3.76. The molecule has 0 saturated carbocycles. The average Bonchev–Trinajstić information content (AvgIpc) is 3.08. The van der Waals surface area contributed by atoms with Crippen LogP contribution in [0.15, 0.2) is 36.4 Å². The van der Waals surface area contributed by atoms with Crippen LogP contribution < -0.4 is 18.9 Å². The van der Waals surface area contributed by atoms with Crippen LogP contribution in [0.2, 0.25) is 0 Å². The fraction of sp³-hybridized carbons (Fsp3) is 0.400. The Morgan fingerprint density at radius 1 is 1.04 bits per heavy atom. The molecule has 2 aromatic rings. The molecule has 0 aromatic heterocycles. The molecule has 0 fully saturated rings. The van der Waals surface area contributed by atoms with Crippen molar-refractivity contribution in [2.75, 3.05) is 21.0 Å². The van der Waals surface area contributed by atoms with Crippen molar-refractivity contribution in [3.8, 4) is 23.0 Å². The topological polar surface area (TPSA) is 46.2 Å². The van der Waals surface area contributed by atoms with E-state index in [1.807, 2.05) is 31.2 Å². The Bertz CT molecular complexity index is 803. The number of fused-ring (bicyclic) bond motifs is 2. The molecule has 4 rings (SSSR count). The predicted octanol–water partition coefficient (Wildman–Crippen LogP) is 3.95. The maximum atomic E-state index is 6.23. The lowest BCUT2D eigenvalue weighted by molar-refractivity contribution is -0.194. The lowest BCUT2D eigenvalue weighted by Gasteiger charge is -2.44. The van der Waals surface area contributed by atoms with Crippen molar-refractivity contribution < 1.29 is 23.7 Å². The Balaban J connectivity index is 1.89. The molecule has 0 N–H and O–H groups in total. The second-order valence-electron chi connectivity index (χ2n) is 6.61. The number of hydrogen-bond donors (Lipinski definition) is 0. The molecular formula is C20H22O5. The second kappa shape index (κ2) is 5.85. The molecular weight excluding hydrogens is 320 g/mol. The van der Waals surface area contributed by atoms with Gasteiger partial charge in [-0.15, -0.1) is 0 Å². The first kappa shape index (κ1) is 16.1. The van der Waals surface area contributed by atoms with Crippen LogP contribution in [0.1, 0.15) is 30.9 Å². The smallest absolute Gasteiger partial charge is 0.231 e. The molecule has 3 atom stereocenters. The van der Waals surface area contributed by atoms with Crippen molar-refractivity contribution in [2.45, 2.75) is 25.6 Å². The largest absolute Gasteiger partial charge is 0.497 e. The van der Waals surface area contributed by atoms with Gasteiger partial charge in [-0.1, -0.05) is 19.1 Å². The molecule has 2 aromatic carbocycles. The summed E-state index contributed by atoms with van der Waals surface area (Å²) in [6, 6.07) is 12.1. The van der Waals surface area contributed by atoms with Crippen LogP contribution in [-0.4, -0.2) is 26.8 Å². The Labute approximate surface area is 147 Å². The number of hydrogen-bond acceptors (Lipinski definition) is 5. The number of benzene rings is 2. The zero-order chi connectivity index (χ0) is 17.6. The van der Waals surface area contributed by atoms with Crippen LogP contribution in [0, 0.1) is 5.92 Å². The van der Waals surface area contributed by atoms with Crippen molar-refractivity contribution in [1.82, 2.24) is 0 Å². The molecule has 0 unspecified atom stereocenters. The van der Waals surface area contributed by atoms with E-state index in [-0.39, 0.29) is 18.6 Å². The highest BCUT2D eigenvalue weighted by molar-refractivity contribution is 5.56. The first-order valence-corrected chi connectivity index (χ1v) is 8.37. The summed E-state index contributed by atoms with van der Waals surface area (Å²) < 4.78 is 28.5. The van der Waals surface area contributed by atoms with Gasteiger partial charge in [0.05, 0.1) is 7.11 Å². The maximum Gasteiger partial charge on any atom is 0.231 e. The average molecular weight is 342 g/mol. The third kappa shape index (κ3) is 2.50. The van der Waals surface area contributed by atoms with Gasteiger partial charge in [-0.2, -0.15) is 0 Å². The molecule has 2 aliphatic heterocycles. The van der Waals surface area contributed by atoms with E-state index < -0.39 is 5.79 Å². The first-order valence-electron chi connectivity index (χ1n) is 8.37. The fourth-order valence-electron chi connectivity index (χ4n) is 3.68. The first-order chi connectivity index (χ1) is 12.1. The number of rotatable bonds is 3. The Hall–Kier alpha value is -2.40. The lowest BCUT2D eigenvalue weighted by atomic mass is 9.75. The minimum atomic E-state index is -0.742. The molecule has 0 radical (unpaired) electrons. The van der Waals surface area contributed by atoms with Crippen LogP contribution in [0.25, 0.3) is 0 Å². The summed E-state index contributed by atoms with van der Waals surface area (Å²) in [7, 11) is 3.36. The number of methoxy groups -OCH3 is 2. The summed E-state index contributed by atoms with van der Waals surface area (Å²) in [5.41, 5.74) is 2.22. The summed E-state index contributed by atoms with van der Waals surface area (Å²) in [6.07, 6.45) is 0. The van der Waals surface area contributed by atoms with E-state index in [1.165, 1.54) is 0 Å². The highest BCUT2D eigenvalue weighted by Crippen LogP contribution is 2.52. The van der Waals surface area contributed by atoms with E-state index in [0.29, 0.717) is 5.75 Å². The monoisotopic (exact) mass is 342 g/mol. The Morgan fingerprint density at radius 3 is 2.52 bits per heavy atom. The molecule has 0 spiro atoms. The summed E-state index contributed by atoms with van der Waals surface area (Å²) in [5.74, 6) is 2.47. The van der Waals surface area contributed by atoms with Crippen molar-refractivity contribution in [3.63, 3.8) is 0 Å². The van der Waals surface area contributed by atoms with Crippen molar-refractivity contribution in [1.29, 1.82) is 0 Å². The van der Waals surface area contributed by atoms with E-state index in [0.717, 1.165) is 28.4 Å². The molecule has 2 heterocycles. The predicted molar refractivity (Wildman–Crippen MR) is 92.6 cm³/mol. The zero-order valence-electron chi connectivity index (χ0n) is 14.9. The van der Waals surface area contributed by atoms with Gasteiger partial charge in [-0.25, -0.2) is 0 Å². The summed E-state index contributed by atoms with van der Waals surface area (Å²) in [4.78, 5) is 0. The minimum Gasteiger partial charge on any atom is -0.497 e. The van der Waals surface area contributed by atoms with Gasteiger partial charge in [0, 0.05) is 37.5 Å². The van der Waals surface area contributed by atoms with Gasteiger partial charge in [0.1, 0.15) is 11.5 Å². The molecule has 25 heavy (non-hydrogen) atoms. The highest BCUT2D eigenvalue weighted by atomic mass is 16.7. The van der Waals surface area contributed by atoms with Crippen LogP contribution in [-0.2, 0) is 4.74 Å². The van der Waals surface area contributed by atoms with Crippen LogP contribution in [0.4, 0.5) is 0 Å².